The summed E-state index contributed by atoms with van der Waals surface area (Å²) in [6, 6.07) is 8.79. The van der Waals surface area contributed by atoms with Crippen LogP contribution in [0.15, 0.2) is 24.3 Å². The normalized spacial score (nSPS) is 10.9. The average Bonchev–Trinajstić information content (AvgIpc) is 2.67. The summed E-state index contributed by atoms with van der Waals surface area (Å²) < 4.78 is 0. The first-order valence-corrected chi connectivity index (χ1v) is 6.42. The van der Waals surface area contributed by atoms with Gasteiger partial charge in [0.05, 0.1) is 17.1 Å². The third kappa shape index (κ3) is 2.73. The minimum atomic E-state index is 0.588. The monoisotopic (exact) mass is 243 g/mol. The molecule has 3 heteroatoms. The van der Waals surface area contributed by atoms with Crippen molar-refractivity contribution in [3.05, 3.63) is 46.8 Å². The van der Waals surface area contributed by atoms with Crippen LogP contribution in [-0.2, 0) is 6.54 Å². The minimum absolute atomic E-state index is 0.588. The summed E-state index contributed by atoms with van der Waals surface area (Å²) in [5.41, 5.74) is 5.90. The molecule has 0 aliphatic heterocycles. The number of hydrogen-bond donors (Lipinski definition) is 2. The van der Waals surface area contributed by atoms with Crippen LogP contribution < -0.4 is 5.32 Å². The molecule has 96 valence electrons. The Morgan fingerprint density at radius 1 is 1.17 bits per heavy atom. The van der Waals surface area contributed by atoms with Crippen molar-refractivity contribution in [2.45, 2.75) is 40.2 Å². The summed E-state index contributed by atoms with van der Waals surface area (Å²) in [4.78, 5) is 0. The summed E-state index contributed by atoms with van der Waals surface area (Å²) in [6.45, 7) is 9.30. The van der Waals surface area contributed by atoms with Crippen molar-refractivity contribution in [3.63, 3.8) is 0 Å². The SMILES string of the molecule is Cc1n[nH]c(C)c1NCc1ccc(C(C)C)cc1. The lowest BCUT2D eigenvalue weighted by molar-refractivity contribution is 0.865. The number of nitrogens with zero attached hydrogens (tertiary/aromatic N) is 1. The number of rotatable bonds is 4. The van der Waals surface area contributed by atoms with E-state index in [0.717, 1.165) is 23.6 Å². The van der Waals surface area contributed by atoms with Gasteiger partial charge in [-0.15, -0.1) is 0 Å². The summed E-state index contributed by atoms with van der Waals surface area (Å²) >= 11 is 0. The lowest BCUT2D eigenvalue weighted by Gasteiger charge is -2.09. The number of nitrogens with one attached hydrogen (secondary N) is 2. The van der Waals surface area contributed by atoms with Crippen LogP contribution in [0.1, 0.15) is 42.3 Å². The van der Waals surface area contributed by atoms with E-state index in [2.05, 4.69) is 53.6 Å². The number of aromatic nitrogens is 2. The Morgan fingerprint density at radius 2 is 1.83 bits per heavy atom. The molecular formula is C15H21N3. The Bertz CT molecular complexity index is 490. The molecule has 0 radical (unpaired) electrons. The standard InChI is InChI=1S/C15H21N3/c1-10(2)14-7-5-13(6-8-14)9-16-15-11(3)17-18-12(15)4/h5-8,10,16H,9H2,1-4H3,(H,17,18). The second-order valence-corrected chi connectivity index (χ2v) is 5.06. The third-order valence-corrected chi connectivity index (χ3v) is 3.24. The lowest BCUT2D eigenvalue weighted by atomic mass is 10.0. The number of aromatic amines is 1. The fourth-order valence-corrected chi connectivity index (χ4v) is 2.02. The molecule has 0 atom stereocenters. The molecule has 0 unspecified atom stereocenters. The molecule has 1 aromatic carbocycles. The van der Waals surface area contributed by atoms with Crippen LogP contribution in [-0.4, -0.2) is 10.2 Å². The maximum atomic E-state index is 4.18. The highest BCUT2D eigenvalue weighted by atomic mass is 15.1. The van der Waals surface area contributed by atoms with Crippen LogP contribution in [0.4, 0.5) is 5.69 Å². The predicted octanol–water partition coefficient (Wildman–Crippen LogP) is 3.76. The summed E-state index contributed by atoms with van der Waals surface area (Å²) in [7, 11) is 0. The predicted molar refractivity (Wildman–Crippen MR) is 75.9 cm³/mol. The first kappa shape index (κ1) is 12.7. The molecule has 0 amide bonds. The van der Waals surface area contributed by atoms with Gasteiger partial charge in [0.15, 0.2) is 0 Å². The Hall–Kier alpha value is -1.77. The largest absolute Gasteiger partial charge is 0.378 e. The molecule has 18 heavy (non-hydrogen) atoms. The van der Waals surface area contributed by atoms with Crippen LogP contribution in [0.3, 0.4) is 0 Å². The van der Waals surface area contributed by atoms with Gasteiger partial charge in [0.25, 0.3) is 0 Å². The van der Waals surface area contributed by atoms with Gasteiger partial charge in [-0.2, -0.15) is 5.10 Å². The second kappa shape index (κ2) is 5.25. The van der Waals surface area contributed by atoms with E-state index < -0.39 is 0 Å². The van der Waals surface area contributed by atoms with Gasteiger partial charge >= 0.3 is 0 Å². The maximum Gasteiger partial charge on any atom is 0.0825 e. The number of aryl methyl sites for hydroxylation is 2. The second-order valence-electron chi connectivity index (χ2n) is 5.06. The molecule has 2 rings (SSSR count). The number of benzene rings is 1. The van der Waals surface area contributed by atoms with E-state index in [-0.39, 0.29) is 0 Å². The van der Waals surface area contributed by atoms with E-state index in [1.54, 1.807) is 0 Å². The van der Waals surface area contributed by atoms with Crippen LogP contribution in [0.2, 0.25) is 0 Å². The molecule has 0 spiro atoms. The van der Waals surface area contributed by atoms with Gasteiger partial charge in [0, 0.05) is 6.54 Å². The van der Waals surface area contributed by atoms with Crippen LogP contribution in [0, 0.1) is 13.8 Å². The van der Waals surface area contributed by atoms with Crippen molar-refractivity contribution in [2.75, 3.05) is 5.32 Å². The van der Waals surface area contributed by atoms with Gasteiger partial charge in [-0.3, -0.25) is 5.10 Å². The molecule has 0 aliphatic rings. The topological polar surface area (TPSA) is 40.7 Å². The molecular weight excluding hydrogens is 222 g/mol. The van der Waals surface area contributed by atoms with Gasteiger partial charge in [-0.25, -0.2) is 0 Å². The van der Waals surface area contributed by atoms with E-state index in [1.807, 2.05) is 13.8 Å². The molecule has 0 bridgehead atoms. The van der Waals surface area contributed by atoms with Gasteiger partial charge in [0.2, 0.25) is 0 Å². The quantitative estimate of drug-likeness (QED) is 0.858. The van der Waals surface area contributed by atoms with Gasteiger partial charge in [-0.05, 0) is 30.9 Å². The lowest BCUT2D eigenvalue weighted by Crippen LogP contribution is -2.01. The molecule has 1 heterocycles. The Morgan fingerprint density at radius 3 is 2.33 bits per heavy atom. The molecule has 2 N–H and O–H groups in total. The van der Waals surface area contributed by atoms with Crippen molar-refractivity contribution >= 4 is 5.69 Å². The first-order valence-electron chi connectivity index (χ1n) is 6.42. The van der Waals surface area contributed by atoms with E-state index >= 15 is 0 Å². The van der Waals surface area contributed by atoms with Crippen LogP contribution >= 0.6 is 0 Å². The fraction of sp³-hybridized carbons (Fsp3) is 0.400. The zero-order valence-electron chi connectivity index (χ0n) is 11.5. The average molecular weight is 243 g/mol. The van der Waals surface area contributed by atoms with Crippen LogP contribution in [0.5, 0.6) is 0 Å². The zero-order valence-corrected chi connectivity index (χ0v) is 11.5. The summed E-state index contributed by atoms with van der Waals surface area (Å²) in [5.74, 6) is 0.588. The number of anilines is 1. The fourth-order valence-electron chi connectivity index (χ4n) is 2.02. The van der Waals surface area contributed by atoms with Gasteiger partial charge in [0.1, 0.15) is 0 Å². The first-order chi connectivity index (χ1) is 8.58. The maximum absolute atomic E-state index is 4.18. The van der Waals surface area contributed by atoms with E-state index in [9.17, 15) is 0 Å². The minimum Gasteiger partial charge on any atom is -0.378 e. The number of hydrogen-bond acceptors (Lipinski definition) is 2. The molecule has 2 aromatic rings. The highest BCUT2D eigenvalue weighted by Gasteiger charge is 2.05. The van der Waals surface area contributed by atoms with Crippen molar-refractivity contribution in [3.8, 4) is 0 Å². The third-order valence-electron chi connectivity index (χ3n) is 3.24. The Kier molecular flexibility index (Phi) is 3.70. The zero-order chi connectivity index (χ0) is 13.1. The smallest absolute Gasteiger partial charge is 0.0825 e. The van der Waals surface area contributed by atoms with Crippen molar-refractivity contribution in [2.24, 2.45) is 0 Å². The molecule has 0 aliphatic carbocycles. The molecule has 0 saturated heterocycles. The van der Waals surface area contributed by atoms with E-state index in [0.29, 0.717) is 5.92 Å². The van der Waals surface area contributed by atoms with E-state index in [4.69, 9.17) is 0 Å². The molecule has 3 nitrogen and oxygen atoms in total. The number of H-pyrrole nitrogens is 1. The highest BCUT2D eigenvalue weighted by Crippen LogP contribution is 2.18. The molecule has 0 saturated carbocycles. The van der Waals surface area contributed by atoms with Gasteiger partial charge in [-0.1, -0.05) is 38.1 Å². The van der Waals surface area contributed by atoms with Crippen LogP contribution in [0.25, 0.3) is 0 Å². The van der Waals surface area contributed by atoms with Gasteiger partial charge < -0.3 is 5.32 Å². The Balaban J connectivity index is 2.02. The Labute approximate surface area is 109 Å². The molecule has 0 fully saturated rings. The summed E-state index contributed by atoms with van der Waals surface area (Å²) in [6.07, 6.45) is 0. The highest BCUT2D eigenvalue weighted by molar-refractivity contribution is 5.51. The molecule has 1 aromatic heterocycles. The van der Waals surface area contributed by atoms with Crippen molar-refractivity contribution in [1.82, 2.24) is 10.2 Å². The van der Waals surface area contributed by atoms with Crippen molar-refractivity contribution < 1.29 is 0 Å². The van der Waals surface area contributed by atoms with E-state index in [1.165, 1.54) is 11.1 Å². The summed E-state index contributed by atoms with van der Waals surface area (Å²) in [5, 5.41) is 10.6. The van der Waals surface area contributed by atoms with Crippen molar-refractivity contribution in [1.29, 1.82) is 0 Å².